The smallest absolute Gasteiger partial charge is 0.240 e. The Morgan fingerprint density at radius 2 is 1.90 bits per heavy atom. The lowest BCUT2D eigenvalue weighted by molar-refractivity contribution is -0.125. The van der Waals surface area contributed by atoms with Crippen molar-refractivity contribution in [2.24, 2.45) is 11.7 Å². The second-order valence-electron chi connectivity index (χ2n) is 5.94. The first-order valence-electron chi connectivity index (χ1n) is 6.87. The van der Waals surface area contributed by atoms with Crippen molar-refractivity contribution in [1.29, 1.82) is 0 Å². The predicted molar refractivity (Wildman–Crippen MR) is 102 cm³/mol. The Morgan fingerprint density at radius 1 is 1.38 bits per heavy atom. The van der Waals surface area contributed by atoms with Gasteiger partial charge in [-0.3, -0.25) is 4.79 Å². The summed E-state index contributed by atoms with van der Waals surface area (Å²) in [7, 11) is 0. The quantitative estimate of drug-likeness (QED) is 0.510. The molecule has 1 atom stereocenters. The van der Waals surface area contributed by atoms with Crippen molar-refractivity contribution in [1.82, 2.24) is 5.32 Å². The maximum absolute atomic E-state index is 12.2. The number of hydrogen-bond acceptors (Lipinski definition) is 3. The highest BCUT2D eigenvalue weighted by Gasteiger charge is 2.28. The molecule has 21 heavy (non-hydrogen) atoms. The van der Waals surface area contributed by atoms with Gasteiger partial charge in [0.2, 0.25) is 5.91 Å². The van der Waals surface area contributed by atoms with E-state index < -0.39 is 5.54 Å². The molecule has 1 rings (SSSR count). The van der Waals surface area contributed by atoms with Crippen LogP contribution in [0.4, 0.5) is 0 Å². The second kappa shape index (κ2) is 7.96. The Balaban J connectivity index is 2.73. The molecule has 1 unspecified atom stereocenters. The molecule has 4 nitrogen and oxygen atoms in total. The zero-order valence-corrected chi connectivity index (χ0v) is 16.9. The van der Waals surface area contributed by atoms with Crippen LogP contribution in [0.1, 0.15) is 32.8 Å². The van der Waals surface area contributed by atoms with Crippen molar-refractivity contribution >= 4 is 51.1 Å². The van der Waals surface area contributed by atoms with Crippen molar-refractivity contribution in [3.05, 3.63) is 24.8 Å². The molecule has 0 spiro atoms. The van der Waals surface area contributed by atoms with Crippen LogP contribution in [0.3, 0.4) is 0 Å². The summed E-state index contributed by atoms with van der Waals surface area (Å²) in [6.45, 7) is 6.63. The normalized spacial score (nSPS) is 14.0. The first-order chi connectivity index (χ1) is 9.63. The van der Waals surface area contributed by atoms with Crippen molar-refractivity contribution in [2.75, 3.05) is 6.54 Å². The van der Waals surface area contributed by atoms with E-state index in [9.17, 15) is 9.90 Å². The Labute approximate surface area is 153 Å². The average Bonchev–Trinajstić information content (AvgIpc) is 2.34. The van der Waals surface area contributed by atoms with Crippen LogP contribution in [0.5, 0.6) is 5.75 Å². The van der Waals surface area contributed by atoms with Crippen molar-refractivity contribution in [3.63, 3.8) is 0 Å². The maximum atomic E-state index is 12.2. The Kier molecular flexibility index (Phi) is 7.18. The lowest BCUT2D eigenvalue weighted by atomic mass is 9.93. The number of rotatable bonds is 6. The van der Waals surface area contributed by atoms with E-state index in [1.807, 2.05) is 12.1 Å². The number of nitrogens with two attached hydrogens (primary N) is 1. The molecule has 6 heteroatoms. The molecule has 1 aromatic rings. The van der Waals surface area contributed by atoms with Gasteiger partial charge in [-0.25, -0.2) is 0 Å². The van der Waals surface area contributed by atoms with Crippen LogP contribution in [0.2, 0.25) is 0 Å². The van der Waals surface area contributed by atoms with E-state index >= 15 is 0 Å². The number of carbonyl (C=O) groups excluding carboxylic acids is 1. The lowest BCUT2D eigenvalue weighted by Gasteiger charge is -2.24. The largest absolute Gasteiger partial charge is 0.506 e. The summed E-state index contributed by atoms with van der Waals surface area (Å²) in [5.74, 6) is 0.691. The minimum absolute atomic E-state index is 0.138. The molecule has 0 aromatic heterocycles. The summed E-state index contributed by atoms with van der Waals surface area (Å²) in [6, 6.07) is 3.73. The monoisotopic (exact) mass is 516 g/mol. The maximum Gasteiger partial charge on any atom is 0.240 e. The molecule has 0 aliphatic carbocycles. The van der Waals surface area contributed by atoms with E-state index in [1.54, 1.807) is 6.92 Å². The van der Waals surface area contributed by atoms with Gasteiger partial charge < -0.3 is 16.2 Å². The van der Waals surface area contributed by atoms with Gasteiger partial charge in [-0.1, -0.05) is 13.8 Å². The molecule has 0 bridgehead atoms. The van der Waals surface area contributed by atoms with Gasteiger partial charge >= 0.3 is 0 Å². The number of hydrogen-bond donors (Lipinski definition) is 3. The summed E-state index contributed by atoms with van der Waals surface area (Å²) in [5, 5.41) is 12.7. The van der Waals surface area contributed by atoms with E-state index in [-0.39, 0.29) is 11.7 Å². The molecule has 0 heterocycles. The highest BCUT2D eigenvalue weighted by Crippen LogP contribution is 2.28. The molecule has 0 radical (unpaired) electrons. The zero-order valence-electron chi connectivity index (χ0n) is 12.5. The Morgan fingerprint density at radius 3 is 2.38 bits per heavy atom. The van der Waals surface area contributed by atoms with Crippen molar-refractivity contribution in [3.8, 4) is 5.75 Å². The van der Waals surface area contributed by atoms with Crippen LogP contribution in [0.15, 0.2) is 12.1 Å². The van der Waals surface area contributed by atoms with Crippen molar-refractivity contribution in [2.45, 2.75) is 39.2 Å². The number of nitrogens with one attached hydrogen (secondary N) is 1. The third kappa shape index (κ3) is 5.90. The first-order valence-corrected chi connectivity index (χ1v) is 9.03. The van der Waals surface area contributed by atoms with Gasteiger partial charge in [0.25, 0.3) is 0 Å². The molecule has 1 amide bonds. The minimum Gasteiger partial charge on any atom is -0.506 e. The van der Waals surface area contributed by atoms with E-state index in [0.717, 1.165) is 19.1 Å². The number of halogens is 2. The Bertz CT molecular complexity index is 493. The van der Waals surface area contributed by atoms with Gasteiger partial charge in [-0.15, -0.1) is 0 Å². The molecule has 0 aliphatic rings. The van der Waals surface area contributed by atoms with Gasteiger partial charge in [-0.05, 0) is 88.6 Å². The molecule has 0 saturated heterocycles. The summed E-state index contributed by atoms with van der Waals surface area (Å²) >= 11 is 4.16. The third-order valence-corrected chi connectivity index (χ3v) is 4.82. The van der Waals surface area contributed by atoms with Gasteiger partial charge in [-0.2, -0.15) is 0 Å². The molecule has 4 N–H and O–H groups in total. The van der Waals surface area contributed by atoms with Crippen LogP contribution < -0.4 is 11.1 Å². The number of benzene rings is 1. The average molecular weight is 516 g/mol. The highest BCUT2D eigenvalue weighted by atomic mass is 127. The van der Waals surface area contributed by atoms with Crippen LogP contribution in [-0.4, -0.2) is 23.1 Å². The summed E-state index contributed by atoms with van der Waals surface area (Å²) in [4.78, 5) is 12.2. The summed E-state index contributed by atoms with van der Waals surface area (Å²) < 4.78 is 1.54. The summed E-state index contributed by atoms with van der Waals surface area (Å²) in [5.41, 5.74) is 6.16. The molecule has 0 aliphatic heterocycles. The van der Waals surface area contributed by atoms with E-state index in [1.165, 1.54) is 0 Å². The molecule has 118 valence electrons. The van der Waals surface area contributed by atoms with Crippen LogP contribution in [0.25, 0.3) is 0 Å². The van der Waals surface area contributed by atoms with Crippen molar-refractivity contribution < 1.29 is 9.90 Å². The van der Waals surface area contributed by atoms with Crippen LogP contribution in [0, 0.1) is 13.1 Å². The fourth-order valence-corrected chi connectivity index (χ4v) is 3.80. The third-order valence-electron chi connectivity index (χ3n) is 3.17. The van der Waals surface area contributed by atoms with Gasteiger partial charge in [0.15, 0.2) is 0 Å². The molecule has 1 aromatic carbocycles. The number of phenolic OH excluding ortho intramolecular Hbond substituents is 1. The highest BCUT2D eigenvalue weighted by molar-refractivity contribution is 14.1. The predicted octanol–water partition coefficient (Wildman–Crippen LogP) is 3.02. The number of aromatic hydroxyl groups is 1. The number of phenols is 1. The van der Waals surface area contributed by atoms with E-state index in [2.05, 4.69) is 64.3 Å². The molecular formula is C15H22I2N2O2. The summed E-state index contributed by atoms with van der Waals surface area (Å²) in [6.07, 6.45) is 1.38. The first kappa shape index (κ1) is 19.0. The SMILES string of the molecule is CC(C)CCNC(=O)C(C)(N)Cc1cc(I)c(O)c(I)c1. The zero-order chi connectivity index (χ0) is 16.2. The number of carbonyl (C=O) groups is 1. The van der Waals surface area contributed by atoms with Gasteiger partial charge in [0.1, 0.15) is 5.75 Å². The number of amides is 1. The molecule has 0 saturated carbocycles. The van der Waals surface area contributed by atoms with E-state index in [4.69, 9.17) is 5.73 Å². The fraction of sp³-hybridized carbons (Fsp3) is 0.533. The standard InChI is InChI=1S/C15H22I2N2O2/c1-9(2)4-5-19-14(21)15(3,18)8-10-6-11(16)13(20)12(17)7-10/h6-7,9,20H,4-5,8,18H2,1-3H3,(H,19,21). The second-order valence-corrected chi connectivity index (χ2v) is 8.27. The van der Waals surface area contributed by atoms with E-state index in [0.29, 0.717) is 18.9 Å². The molecular weight excluding hydrogens is 494 g/mol. The fourth-order valence-electron chi connectivity index (χ4n) is 1.90. The molecule has 0 fully saturated rings. The lowest BCUT2D eigenvalue weighted by Crippen LogP contribution is -2.53. The Hall–Kier alpha value is -0.0900. The van der Waals surface area contributed by atoms with Crippen LogP contribution >= 0.6 is 45.2 Å². The van der Waals surface area contributed by atoms with Gasteiger partial charge in [0, 0.05) is 6.54 Å². The minimum atomic E-state index is -0.958. The topological polar surface area (TPSA) is 75.4 Å². The van der Waals surface area contributed by atoms with Crippen LogP contribution in [-0.2, 0) is 11.2 Å². The van der Waals surface area contributed by atoms with Gasteiger partial charge in [0.05, 0.1) is 12.7 Å².